The smallest absolute Gasteiger partial charge is 0.251 e. The van der Waals surface area contributed by atoms with Crippen LogP contribution in [0.1, 0.15) is 35.7 Å². The summed E-state index contributed by atoms with van der Waals surface area (Å²) in [6.45, 7) is 3.28. The minimum atomic E-state index is -3.74. The van der Waals surface area contributed by atoms with Crippen molar-refractivity contribution in [1.29, 1.82) is 0 Å². The van der Waals surface area contributed by atoms with Gasteiger partial charge >= 0.3 is 0 Å². The van der Waals surface area contributed by atoms with E-state index in [0.29, 0.717) is 25.6 Å². The molecule has 1 atom stereocenters. The molecule has 2 aromatic rings. The van der Waals surface area contributed by atoms with E-state index in [4.69, 9.17) is 11.6 Å². The molecule has 1 aromatic heterocycles. The van der Waals surface area contributed by atoms with Crippen molar-refractivity contribution in [2.45, 2.75) is 31.2 Å². The van der Waals surface area contributed by atoms with Gasteiger partial charge in [-0.1, -0.05) is 24.6 Å². The number of pyridine rings is 1. The Morgan fingerprint density at radius 3 is 2.89 bits per heavy atom. The molecule has 0 spiro atoms. The predicted molar refractivity (Wildman–Crippen MR) is 104 cm³/mol. The van der Waals surface area contributed by atoms with Gasteiger partial charge in [0.1, 0.15) is 4.90 Å². The predicted octanol–water partition coefficient (Wildman–Crippen LogP) is 3.09. The molecule has 1 amide bonds. The Morgan fingerprint density at radius 1 is 1.37 bits per heavy atom. The average Bonchev–Trinajstić information content (AvgIpc) is 2.67. The van der Waals surface area contributed by atoms with Crippen molar-refractivity contribution in [2.75, 3.05) is 13.1 Å². The van der Waals surface area contributed by atoms with Crippen LogP contribution in [0.15, 0.2) is 47.6 Å². The second kappa shape index (κ2) is 8.37. The molecule has 1 fully saturated rings. The molecule has 144 valence electrons. The lowest BCUT2D eigenvalue weighted by atomic mass is 10.0. The van der Waals surface area contributed by atoms with Gasteiger partial charge in [0.2, 0.25) is 10.0 Å². The fourth-order valence-electron chi connectivity index (χ4n) is 3.13. The normalized spacial score (nSPS) is 18.2. The molecule has 0 bridgehead atoms. The van der Waals surface area contributed by atoms with Gasteiger partial charge in [-0.05, 0) is 48.6 Å². The third-order valence-corrected chi connectivity index (χ3v) is 6.95. The minimum Gasteiger partial charge on any atom is -0.348 e. The maximum atomic E-state index is 13.0. The average molecular weight is 408 g/mol. The maximum absolute atomic E-state index is 13.0. The van der Waals surface area contributed by atoms with Crippen LogP contribution in [-0.2, 0) is 16.6 Å². The number of nitrogens with zero attached hydrogens (tertiary/aromatic N) is 2. The van der Waals surface area contributed by atoms with Crippen LogP contribution in [0.25, 0.3) is 0 Å². The lowest BCUT2D eigenvalue weighted by Crippen LogP contribution is -2.39. The monoisotopic (exact) mass is 407 g/mol. The number of aromatic nitrogens is 1. The van der Waals surface area contributed by atoms with E-state index in [-0.39, 0.29) is 21.4 Å². The highest BCUT2D eigenvalue weighted by atomic mass is 35.5. The van der Waals surface area contributed by atoms with E-state index in [1.807, 2.05) is 13.0 Å². The van der Waals surface area contributed by atoms with Gasteiger partial charge in [-0.2, -0.15) is 4.31 Å². The van der Waals surface area contributed by atoms with E-state index < -0.39 is 10.0 Å². The highest BCUT2D eigenvalue weighted by Gasteiger charge is 2.30. The Hall–Kier alpha value is -1.96. The molecule has 0 saturated carbocycles. The molecule has 27 heavy (non-hydrogen) atoms. The van der Waals surface area contributed by atoms with Crippen LogP contribution < -0.4 is 5.32 Å². The lowest BCUT2D eigenvalue weighted by Gasteiger charge is -2.30. The third-order valence-electron chi connectivity index (χ3n) is 4.61. The third kappa shape index (κ3) is 4.66. The van der Waals surface area contributed by atoms with Crippen LogP contribution >= 0.6 is 11.6 Å². The first-order valence-corrected chi connectivity index (χ1v) is 10.7. The summed E-state index contributed by atoms with van der Waals surface area (Å²) < 4.78 is 27.5. The Kier molecular flexibility index (Phi) is 6.14. The molecular weight excluding hydrogens is 386 g/mol. The summed E-state index contributed by atoms with van der Waals surface area (Å²) in [5.41, 5.74) is 1.11. The number of halogens is 1. The Morgan fingerprint density at radius 2 is 2.19 bits per heavy atom. The number of sulfonamides is 1. The molecule has 0 radical (unpaired) electrons. The molecule has 8 heteroatoms. The standard InChI is InChI=1S/C19H22ClN3O3S/c1-14-4-3-9-23(13-14)27(25,26)18-10-16(6-7-17(18)20)19(24)22-12-15-5-2-8-21-11-15/h2,5-8,10-11,14H,3-4,9,12-13H2,1H3,(H,22,24). The molecule has 1 N–H and O–H groups in total. The summed E-state index contributed by atoms with van der Waals surface area (Å²) in [4.78, 5) is 16.4. The Bertz CT molecular complexity index is 919. The number of hydrogen-bond acceptors (Lipinski definition) is 4. The van der Waals surface area contributed by atoms with E-state index in [1.54, 1.807) is 18.5 Å². The van der Waals surface area contributed by atoms with Crippen molar-refractivity contribution in [2.24, 2.45) is 5.92 Å². The molecule has 0 aliphatic carbocycles. The summed E-state index contributed by atoms with van der Waals surface area (Å²) in [6, 6.07) is 7.98. The Balaban J connectivity index is 1.80. The largest absolute Gasteiger partial charge is 0.348 e. The van der Waals surface area contributed by atoms with E-state index >= 15 is 0 Å². The van der Waals surface area contributed by atoms with Gasteiger partial charge in [-0.3, -0.25) is 9.78 Å². The minimum absolute atomic E-state index is 0.0210. The van der Waals surface area contributed by atoms with E-state index in [9.17, 15) is 13.2 Å². The van der Waals surface area contributed by atoms with Crippen LogP contribution in [-0.4, -0.2) is 36.7 Å². The van der Waals surface area contributed by atoms with Gasteiger partial charge in [-0.25, -0.2) is 8.42 Å². The summed E-state index contributed by atoms with van der Waals surface area (Å²) >= 11 is 6.17. The summed E-state index contributed by atoms with van der Waals surface area (Å²) in [6.07, 6.45) is 5.15. The second-order valence-corrected chi connectivity index (χ2v) is 9.11. The van der Waals surface area contributed by atoms with Crippen LogP contribution in [0.5, 0.6) is 0 Å². The molecule has 6 nitrogen and oxygen atoms in total. The van der Waals surface area contributed by atoms with Crippen molar-refractivity contribution in [3.05, 3.63) is 58.9 Å². The van der Waals surface area contributed by atoms with Crippen LogP contribution in [0, 0.1) is 5.92 Å². The highest BCUT2D eigenvalue weighted by Crippen LogP contribution is 2.29. The fraction of sp³-hybridized carbons (Fsp3) is 0.368. The SMILES string of the molecule is CC1CCCN(S(=O)(=O)c2cc(C(=O)NCc3cccnc3)ccc2Cl)C1. The van der Waals surface area contributed by atoms with Gasteiger partial charge < -0.3 is 5.32 Å². The quantitative estimate of drug-likeness (QED) is 0.825. The summed E-state index contributed by atoms with van der Waals surface area (Å²) in [7, 11) is -3.74. The van der Waals surface area contributed by atoms with Crippen molar-refractivity contribution in [3.8, 4) is 0 Å². The summed E-state index contributed by atoms with van der Waals surface area (Å²) in [5.74, 6) is -0.0581. The van der Waals surface area contributed by atoms with Crippen LogP contribution in [0.4, 0.5) is 0 Å². The molecule has 2 heterocycles. The van der Waals surface area contributed by atoms with E-state index in [0.717, 1.165) is 18.4 Å². The maximum Gasteiger partial charge on any atom is 0.251 e. The zero-order valence-corrected chi connectivity index (χ0v) is 16.6. The van der Waals surface area contributed by atoms with E-state index in [1.165, 1.54) is 22.5 Å². The van der Waals surface area contributed by atoms with Crippen molar-refractivity contribution < 1.29 is 13.2 Å². The topological polar surface area (TPSA) is 79.4 Å². The molecular formula is C19H22ClN3O3S. The fourth-order valence-corrected chi connectivity index (χ4v) is 5.23. The first kappa shape index (κ1) is 19.8. The van der Waals surface area contributed by atoms with Gasteiger partial charge in [-0.15, -0.1) is 0 Å². The van der Waals surface area contributed by atoms with Gasteiger partial charge in [0.25, 0.3) is 5.91 Å². The molecule has 1 unspecified atom stereocenters. The van der Waals surface area contributed by atoms with Gasteiger partial charge in [0, 0.05) is 37.6 Å². The molecule has 1 aliphatic rings. The Labute approximate surface area is 164 Å². The number of amides is 1. The second-order valence-electron chi connectivity index (χ2n) is 6.80. The highest BCUT2D eigenvalue weighted by molar-refractivity contribution is 7.89. The molecule has 1 aliphatic heterocycles. The van der Waals surface area contributed by atoms with Crippen molar-refractivity contribution >= 4 is 27.5 Å². The summed E-state index contributed by atoms with van der Waals surface area (Å²) in [5, 5.41) is 2.89. The number of carbonyl (C=O) groups excluding carboxylic acids is 1. The van der Waals surface area contributed by atoms with Crippen molar-refractivity contribution in [1.82, 2.24) is 14.6 Å². The molecule has 1 aromatic carbocycles. The van der Waals surface area contributed by atoms with E-state index in [2.05, 4.69) is 10.3 Å². The number of rotatable bonds is 5. The lowest BCUT2D eigenvalue weighted by molar-refractivity contribution is 0.0950. The number of nitrogens with one attached hydrogen (secondary N) is 1. The molecule has 1 saturated heterocycles. The van der Waals surface area contributed by atoms with Crippen molar-refractivity contribution in [3.63, 3.8) is 0 Å². The van der Waals surface area contributed by atoms with Crippen LogP contribution in [0.3, 0.4) is 0 Å². The van der Waals surface area contributed by atoms with Crippen LogP contribution in [0.2, 0.25) is 5.02 Å². The number of benzene rings is 1. The number of hydrogen-bond donors (Lipinski definition) is 1. The van der Waals surface area contributed by atoms with Gasteiger partial charge in [0.15, 0.2) is 0 Å². The first-order valence-electron chi connectivity index (χ1n) is 8.84. The zero-order chi connectivity index (χ0) is 19.4. The van der Waals surface area contributed by atoms with Gasteiger partial charge in [0.05, 0.1) is 5.02 Å². The molecule has 3 rings (SSSR count). The first-order chi connectivity index (χ1) is 12.9. The number of piperidine rings is 1. The zero-order valence-electron chi connectivity index (χ0n) is 15.1. The number of carbonyl (C=O) groups is 1.